The van der Waals surface area contributed by atoms with Crippen LogP contribution in [-0.2, 0) is 9.59 Å². The number of hydrogen-bond donors (Lipinski definition) is 3. The summed E-state index contributed by atoms with van der Waals surface area (Å²) >= 11 is 0. The number of piperidine rings is 1. The van der Waals surface area contributed by atoms with Crippen molar-refractivity contribution in [2.24, 2.45) is 0 Å². The van der Waals surface area contributed by atoms with Crippen molar-refractivity contribution in [2.45, 2.75) is 18.4 Å². The molecule has 1 saturated heterocycles. The molecular weight excluding hydrogens is 430 g/mol. The molecule has 0 radical (unpaired) electrons. The molecule has 0 unspecified atom stereocenters. The van der Waals surface area contributed by atoms with Crippen LogP contribution in [0.1, 0.15) is 28.8 Å². The van der Waals surface area contributed by atoms with Gasteiger partial charge in [-0.15, -0.1) is 0 Å². The van der Waals surface area contributed by atoms with E-state index >= 15 is 0 Å². The van der Waals surface area contributed by atoms with Crippen molar-refractivity contribution in [3.05, 3.63) is 96.1 Å². The van der Waals surface area contributed by atoms with Gasteiger partial charge in [-0.3, -0.25) is 14.5 Å². The van der Waals surface area contributed by atoms with Crippen LogP contribution in [0.4, 0.5) is 11.4 Å². The first-order valence-corrected chi connectivity index (χ1v) is 11.2. The monoisotopic (exact) mass is 457 g/mol. The standard InChI is InChI=1S/C27H27N3O4/c31-24(28-22-13-11-21(12-14-22)25(32)20-7-3-1-4-8-20)19-30-17-15-27(16-18-30,26(33)34)29-23-9-5-2-6-10-23/h1-14,29H,15-19H2,(H,28,31)(H,33,34). The fraction of sp³-hybridized carbons (Fsp3) is 0.222. The van der Waals surface area contributed by atoms with Crippen molar-refractivity contribution in [2.75, 3.05) is 30.3 Å². The number of anilines is 2. The number of hydrogen-bond acceptors (Lipinski definition) is 5. The molecular formula is C27H27N3O4. The summed E-state index contributed by atoms with van der Waals surface area (Å²) in [6.45, 7) is 1.15. The van der Waals surface area contributed by atoms with E-state index < -0.39 is 11.5 Å². The Labute approximate surface area is 198 Å². The first-order chi connectivity index (χ1) is 16.4. The summed E-state index contributed by atoms with van der Waals surface area (Å²) in [4.78, 5) is 39.1. The lowest BCUT2D eigenvalue weighted by Gasteiger charge is -2.39. The van der Waals surface area contributed by atoms with Crippen LogP contribution in [0, 0.1) is 0 Å². The van der Waals surface area contributed by atoms with Crippen molar-refractivity contribution >= 4 is 29.0 Å². The summed E-state index contributed by atoms with van der Waals surface area (Å²) in [5, 5.41) is 15.9. The normalized spacial score (nSPS) is 15.3. The molecule has 3 aromatic carbocycles. The highest BCUT2D eigenvalue weighted by Crippen LogP contribution is 2.27. The molecule has 3 aromatic rings. The number of nitrogens with zero attached hydrogens (tertiary/aromatic N) is 1. The van der Waals surface area contributed by atoms with E-state index in [4.69, 9.17) is 0 Å². The maximum atomic E-state index is 12.6. The molecule has 34 heavy (non-hydrogen) atoms. The predicted octanol–water partition coefficient (Wildman–Crippen LogP) is 3.89. The lowest BCUT2D eigenvalue weighted by molar-refractivity contribution is -0.144. The first-order valence-electron chi connectivity index (χ1n) is 11.2. The molecule has 1 heterocycles. The summed E-state index contributed by atoms with van der Waals surface area (Å²) in [7, 11) is 0. The Bertz CT molecular complexity index is 1140. The van der Waals surface area contributed by atoms with E-state index in [1.165, 1.54) is 0 Å². The third-order valence-electron chi connectivity index (χ3n) is 6.11. The lowest BCUT2D eigenvalue weighted by Crippen LogP contribution is -2.55. The van der Waals surface area contributed by atoms with Gasteiger partial charge in [0.2, 0.25) is 5.91 Å². The molecule has 4 rings (SSSR count). The number of rotatable bonds is 8. The lowest BCUT2D eigenvalue weighted by atomic mass is 9.87. The SMILES string of the molecule is O=C(CN1CCC(Nc2ccccc2)(C(=O)O)CC1)Nc1ccc(C(=O)c2ccccc2)cc1. The second kappa shape index (κ2) is 10.3. The second-order valence-electron chi connectivity index (χ2n) is 8.48. The number of carboxylic acids is 1. The number of nitrogens with one attached hydrogen (secondary N) is 2. The smallest absolute Gasteiger partial charge is 0.329 e. The van der Waals surface area contributed by atoms with E-state index in [0.717, 1.165) is 5.69 Å². The number of ketones is 1. The highest BCUT2D eigenvalue weighted by atomic mass is 16.4. The molecule has 1 aliphatic heterocycles. The summed E-state index contributed by atoms with van der Waals surface area (Å²) in [5.74, 6) is -1.13. The molecule has 1 aliphatic rings. The van der Waals surface area contributed by atoms with Gasteiger partial charge in [0.25, 0.3) is 0 Å². The van der Waals surface area contributed by atoms with Crippen molar-refractivity contribution < 1.29 is 19.5 Å². The van der Waals surface area contributed by atoms with Gasteiger partial charge >= 0.3 is 5.97 Å². The fourth-order valence-corrected chi connectivity index (χ4v) is 4.15. The number of aliphatic carboxylic acids is 1. The number of amides is 1. The van der Waals surface area contributed by atoms with E-state index in [1.807, 2.05) is 53.4 Å². The van der Waals surface area contributed by atoms with E-state index in [-0.39, 0.29) is 18.2 Å². The molecule has 3 N–H and O–H groups in total. The Morgan fingerprint density at radius 3 is 1.91 bits per heavy atom. The summed E-state index contributed by atoms with van der Waals surface area (Å²) < 4.78 is 0. The van der Waals surface area contributed by atoms with E-state index in [2.05, 4.69) is 10.6 Å². The number of carbonyl (C=O) groups is 3. The third-order valence-corrected chi connectivity index (χ3v) is 6.11. The van der Waals surface area contributed by atoms with E-state index in [0.29, 0.717) is 42.7 Å². The van der Waals surface area contributed by atoms with Gasteiger partial charge < -0.3 is 15.7 Å². The number of para-hydroxylation sites is 1. The first kappa shape index (κ1) is 23.2. The molecule has 0 atom stereocenters. The van der Waals surface area contributed by atoms with Crippen molar-refractivity contribution in [3.8, 4) is 0 Å². The van der Waals surface area contributed by atoms with Crippen LogP contribution in [0.25, 0.3) is 0 Å². The summed E-state index contributed by atoms with van der Waals surface area (Å²) in [6, 6.07) is 25.2. The zero-order valence-electron chi connectivity index (χ0n) is 18.7. The van der Waals surface area contributed by atoms with Crippen LogP contribution in [-0.4, -0.2) is 52.8 Å². The van der Waals surface area contributed by atoms with E-state index in [9.17, 15) is 19.5 Å². The minimum Gasteiger partial charge on any atom is -0.480 e. The molecule has 7 heteroatoms. The van der Waals surface area contributed by atoms with Crippen molar-refractivity contribution in [1.82, 2.24) is 4.90 Å². The number of benzene rings is 3. The second-order valence-corrected chi connectivity index (χ2v) is 8.48. The topological polar surface area (TPSA) is 98.7 Å². The van der Waals surface area contributed by atoms with Crippen LogP contribution in [0.3, 0.4) is 0 Å². The van der Waals surface area contributed by atoms with Crippen LogP contribution in [0.15, 0.2) is 84.9 Å². The highest BCUT2D eigenvalue weighted by molar-refractivity contribution is 6.09. The van der Waals surface area contributed by atoms with Crippen LogP contribution in [0.2, 0.25) is 0 Å². The van der Waals surface area contributed by atoms with Crippen molar-refractivity contribution in [3.63, 3.8) is 0 Å². The number of carbonyl (C=O) groups excluding carboxylic acids is 2. The predicted molar refractivity (Wildman–Crippen MR) is 131 cm³/mol. The number of carboxylic acid groups (broad SMARTS) is 1. The van der Waals surface area contributed by atoms with Gasteiger partial charge in [0.1, 0.15) is 5.54 Å². The average molecular weight is 458 g/mol. The summed E-state index contributed by atoms with van der Waals surface area (Å²) in [6.07, 6.45) is 0.779. The minimum atomic E-state index is -1.05. The Morgan fingerprint density at radius 1 is 0.765 bits per heavy atom. The van der Waals surface area contributed by atoms with Gasteiger partial charge in [0, 0.05) is 35.6 Å². The Balaban J connectivity index is 1.30. The van der Waals surface area contributed by atoms with Gasteiger partial charge in [-0.05, 0) is 49.2 Å². The molecule has 0 saturated carbocycles. The molecule has 7 nitrogen and oxygen atoms in total. The zero-order chi connectivity index (χ0) is 24.0. The molecule has 1 amide bonds. The Morgan fingerprint density at radius 2 is 1.32 bits per heavy atom. The van der Waals surface area contributed by atoms with Gasteiger partial charge in [0.05, 0.1) is 6.54 Å². The Hall–Kier alpha value is -3.97. The van der Waals surface area contributed by atoms with Gasteiger partial charge in [-0.2, -0.15) is 0 Å². The third kappa shape index (κ3) is 5.50. The number of likely N-dealkylation sites (tertiary alicyclic amines) is 1. The fourth-order valence-electron chi connectivity index (χ4n) is 4.15. The zero-order valence-corrected chi connectivity index (χ0v) is 18.7. The average Bonchev–Trinajstić information content (AvgIpc) is 2.86. The maximum absolute atomic E-state index is 12.6. The van der Waals surface area contributed by atoms with E-state index in [1.54, 1.807) is 36.4 Å². The summed E-state index contributed by atoms with van der Waals surface area (Å²) in [5.41, 5.74) is 1.50. The minimum absolute atomic E-state index is 0.0715. The van der Waals surface area contributed by atoms with Crippen LogP contribution < -0.4 is 10.6 Å². The molecule has 0 bridgehead atoms. The quantitative estimate of drug-likeness (QED) is 0.444. The maximum Gasteiger partial charge on any atom is 0.329 e. The van der Waals surface area contributed by atoms with Crippen LogP contribution >= 0.6 is 0 Å². The molecule has 0 spiro atoms. The van der Waals surface area contributed by atoms with Crippen molar-refractivity contribution in [1.29, 1.82) is 0 Å². The largest absolute Gasteiger partial charge is 0.480 e. The molecule has 0 aromatic heterocycles. The van der Waals surface area contributed by atoms with Crippen LogP contribution in [0.5, 0.6) is 0 Å². The highest BCUT2D eigenvalue weighted by Gasteiger charge is 2.41. The van der Waals surface area contributed by atoms with Gasteiger partial charge in [-0.1, -0.05) is 48.5 Å². The Kier molecular flexibility index (Phi) is 7.04. The molecule has 0 aliphatic carbocycles. The van der Waals surface area contributed by atoms with Gasteiger partial charge in [-0.25, -0.2) is 4.79 Å². The molecule has 1 fully saturated rings. The van der Waals surface area contributed by atoms with Gasteiger partial charge in [0.15, 0.2) is 5.78 Å². The molecule has 174 valence electrons.